The van der Waals surface area contributed by atoms with E-state index in [0.717, 1.165) is 0 Å². The van der Waals surface area contributed by atoms with Crippen molar-refractivity contribution >= 4 is 66.7 Å². The molecule has 3 aromatic rings. The fourth-order valence-electron chi connectivity index (χ4n) is 2.19. The molecule has 0 unspecified atom stereocenters. The van der Waals surface area contributed by atoms with E-state index in [1.165, 1.54) is 34.2 Å². The van der Waals surface area contributed by atoms with E-state index in [-0.39, 0.29) is 0 Å². The third-order valence-corrected chi connectivity index (χ3v) is 5.21. The van der Waals surface area contributed by atoms with Crippen molar-refractivity contribution in [1.29, 1.82) is 0 Å². The Kier molecular flexibility index (Phi) is 3.02. The Bertz CT molecular complexity index is 730. The van der Waals surface area contributed by atoms with Gasteiger partial charge in [0.25, 0.3) is 0 Å². The second-order valence-electron chi connectivity index (χ2n) is 4.22. The second kappa shape index (κ2) is 4.39. The fraction of sp³-hybridized carbons (Fsp3) is 0.0667. The van der Waals surface area contributed by atoms with Gasteiger partial charge in [-0.3, -0.25) is 0 Å². The lowest BCUT2D eigenvalue weighted by Crippen LogP contribution is -1.85. The van der Waals surface area contributed by atoms with Crippen LogP contribution in [0.3, 0.4) is 0 Å². The lowest BCUT2D eigenvalue weighted by Gasteiger charge is -2.08. The lowest BCUT2D eigenvalue weighted by molar-refractivity contribution is 1.47. The van der Waals surface area contributed by atoms with Gasteiger partial charge in [-0.25, -0.2) is 0 Å². The van der Waals surface area contributed by atoms with Crippen molar-refractivity contribution in [2.45, 2.75) is 6.92 Å². The first-order valence-electron chi connectivity index (χ1n) is 5.44. The average Bonchev–Trinajstić information content (AvgIpc) is 2.33. The number of fused-ring (bicyclic) bond motifs is 3. The van der Waals surface area contributed by atoms with Crippen molar-refractivity contribution in [2.24, 2.45) is 0 Å². The molecule has 0 aliphatic rings. The predicted octanol–water partition coefficient (Wildman–Crippen LogP) is 5.51. The van der Waals surface area contributed by atoms with Crippen LogP contribution in [-0.2, 0) is 0 Å². The summed E-state index contributed by atoms with van der Waals surface area (Å²) in [6.07, 6.45) is 0. The van der Waals surface area contributed by atoms with Crippen LogP contribution in [-0.4, -0.2) is 0 Å². The minimum absolute atomic E-state index is 1.29. The molecule has 0 saturated heterocycles. The maximum atomic E-state index is 2.44. The molecule has 0 N–H and O–H groups in total. The first kappa shape index (κ1) is 11.7. The van der Waals surface area contributed by atoms with Crippen LogP contribution >= 0.6 is 45.2 Å². The Morgan fingerprint density at radius 3 is 2.29 bits per heavy atom. The molecule has 0 spiro atoms. The zero-order valence-corrected chi connectivity index (χ0v) is 13.6. The molecule has 0 fully saturated rings. The highest BCUT2D eigenvalue weighted by Crippen LogP contribution is 2.30. The molecule has 2 heteroatoms. The first-order valence-corrected chi connectivity index (χ1v) is 7.59. The van der Waals surface area contributed by atoms with Gasteiger partial charge < -0.3 is 0 Å². The molecule has 0 nitrogen and oxygen atoms in total. The maximum Gasteiger partial charge on any atom is 0.0238 e. The number of aryl methyl sites for hydroxylation is 1. The Labute approximate surface area is 128 Å². The van der Waals surface area contributed by atoms with E-state index in [1.807, 2.05) is 0 Å². The molecule has 0 heterocycles. The van der Waals surface area contributed by atoms with Crippen LogP contribution in [0.4, 0.5) is 0 Å². The van der Waals surface area contributed by atoms with Crippen molar-refractivity contribution in [3.8, 4) is 0 Å². The molecule has 17 heavy (non-hydrogen) atoms. The highest BCUT2D eigenvalue weighted by Gasteiger charge is 2.05. The summed E-state index contributed by atoms with van der Waals surface area (Å²) >= 11 is 4.80. The monoisotopic (exact) mass is 444 g/mol. The third-order valence-electron chi connectivity index (χ3n) is 3.11. The lowest BCUT2D eigenvalue weighted by atomic mass is 10.0. The van der Waals surface area contributed by atoms with Crippen LogP contribution in [0.5, 0.6) is 0 Å². The standard InChI is InChI=1S/C15H10I2/c1-9-2-5-13-12-7-4-11(16)8-10(12)3-6-14(13)15(9)17/h2-8H,1H3. The summed E-state index contributed by atoms with van der Waals surface area (Å²) in [6.45, 7) is 2.17. The molecule has 3 aromatic carbocycles. The Balaban J connectivity index is 2.53. The fourth-order valence-corrected chi connectivity index (χ4v) is 3.36. The summed E-state index contributed by atoms with van der Waals surface area (Å²) in [5.74, 6) is 0. The quantitative estimate of drug-likeness (QED) is 0.317. The average molecular weight is 444 g/mol. The van der Waals surface area contributed by atoms with E-state index < -0.39 is 0 Å². The minimum atomic E-state index is 1.29. The minimum Gasteiger partial charge on any atom is -0.0576 e. The molecule has 0 atom stereocenters. The third kappa shape index (κ3) is 1.95. The zero-order valence-electron chi connectivity index (χ0n) is 9.30. The van der Waals surface area contributed by atoms with Crippen molar-refractivity contribution < 1.29 is 0 Å². The van der Waals surface area contributed by atoms with Crippen LogP contribution in [0.15, 0.2) is 42.5 Å². The summed E-state index contributed by atoms with van der Waals surface area (Å²) in [4.78, 5) is 0. The van der Waals surface area contributed by atoms with Gasteiger partial charge in [-0.2, -0.15) is 0 Å². The smallest absolute Gasteiger partial charge is 0.0238 e. The molecule has 0 amide bonds. The van der Waals surface area contributed by atoms with E-state index in [1.54, 1.807) is 0 Å². The molecular formula is C15H10I2. The van der Waals surface area contributed by atoms with E-state index >= 15 is 0 Å². The molecule has 0 aromatic heterocycles. The van der Waals surface area contributed by atoms with Gasteiger partial charge in [-0.15, -0.1) is 0 Å². The molecule has 84 valence electrons. The molecule has 0 bridgehead atoms. The van der Waals surface area contributed by atoms with Gasteiger partial charge in [0, 0.05) is 7.14 Å². The van der Waals surface area contributed by atoms with Crippen molar-refractivity contribution in [2.75, 3.05) is 0 Å². The number of benzene rings is 3. The van der Waals surface area contributed by atoms with Crippen LogP contribution in [0, 0.1) is 14.1 Å². The summed E-state index contributed by atoms with van der Waals surface area (Å²) in [5, 5.41) is 5.39. The van der Waals surface area contributed by atoms with Crippen molar-refractivity contribution in [3.63, 3.8) is 0 Å². The zero-order chi connectivity index (χ0) is 12.0. The molecular weight excluding hydrogens is 434 g/mol. The molecule has 0 radical (unpaired) electrons. The van der Waals surface area contributed by atoms with Gasteiger partial charge >= 0.3 is 0 Å². The first-order chi connectivity index (χ1) is 8.16. The van der Waals surface area contributed by atoms with E-state index in [9.17, 15) is 0 Å². The Hall–Kier alpha value is -0.360. The molecule has 0 aliphatic heterocycles. The van der Waals surface area contributed by atoms with Crippen LogP contribution in [0.1, 0.15) is 5.56 Å². The van der Waals surface area contributed by atoms with Gasteiger partial charge in [-0.1, -0.05) is 30.3 Å². The SMILES string of the molecule is Cc1ccc2c(ccc3cc(I)ccc32)c1I. The largest absolute Gasteiger partial charge is 0.0576 e. The normalized spacial score (nSPS) is 11.2. The number of rotatable bonds is 0. The number of hydrogen-bond donors (Lipinski definition) is 0. The van der Waals surface area contributed by atoms with E-state index in [0.29, 0.717) is 0 Å². The summed E-state index contributed by atoms with van der Waals surface area (Å²) in [6, 6.07) is 15.6. The number of hydrogen-bond acceptors (Lipinski definition) is 0. The highest BCUT2D eigenvalue weighted by molar-refractivity contribution is 14.1. The van der Waals surface area contributed by atoms with E-state index in [4.69, 9.17) is 0 Å². The summed E-state index contributed by atoms with van der Waals surface area (Å²) in [7, 11) is 0. The van der Waals surface area contributed by atoms with Crippen molar-refractivity contribution in [1.82, 2.24) is 0 Å². The Morgan fingerprint density at radius 1 is 0.765 bits per heavy atom. The second-order valence-corrected chi connectivity index (χ2v) is 6.55. The van der Waals surface area contributed by atoms with Gasteiger partial charge in [0.2, 0.25) is 0 Å². The molecule has 0 saturated carbocycles. The van der Waals surface area contributed by atoms with Crippen molar-refractivity contribution in [3.05, 3.63) is 55.2 Å². The van der Waals surface area contributed by atoms with Gasteiger partial charge in [-0.05, 0) is 91.3 Å². The number of halogens is 2. The Morgan fingerprint density at radius 2 is 1.47 bits per heavy atom. The summed E-state index contributed by atoms with van der Waals surface area (Å²) in [5.41, 5.74) is 1.35. The van der Waals surface area contributed by atoms with E-state index in [2.05, 4.69) is 94.6 Å². The highest BCUT2D eigenvalue weighted by atomic mass is 127. The maximum absolute atomic E-state index is 2.44. The summed E-state index contributed by atoms with van der Waals surface area (Å²) < 4.78 is 2.65. The van der Waals surface area contributed by atoms with Crippen LogP contribution in [0.25, 0.3) is 21.5 Å². The predicted molar refractivity (Wildman–Crippen MR) is 91.6 cm³/mol. The molecule has 0 aliphatic carbocycles. The van der Waals surface area contributed by atoms with Crippen LogP contribution in [0.2, 0.25) is 0 Å². The van der Waals surface area contributed by atoms with Gasteiger partial charge in [0.05, 0.1) is 0 Å². The molecule has 3 rings (SSSR count). The van der Waals surface area contributed by atoms with Gasteiger partial charge in [0.1, 0.15) is 0 Å². The topological polar surface area (TPSA) is 0 Å². The van der Waals surface area contributed by atoms with Crippen LogP contribution < -0.4 is 0 Å². The van der Waals surface area contributed by atoms with Gasteiger partial charge in [0.15, 0.2) is 0 Å².